The summed E-state index contributed by atoms with van der Waals surface area (Å²) < 4.78 is 21.1. The first-order valence-corrected chi connectivity index (χ1v) is 5.85. The summed E-state index contributed by atoms with van der Waals surface area (Å²) in [6, 6.07) is 6.89. The Morgan fingerprint density at radius 3 is 2.58 bits per heavy atom. The molecule has 0 saturated heterocycles. The van der Waals surface area contributed by atoms with Crippen LogP contribution in [0.2, 0.25) is 0 Å². The molecule has 5 heteroatoms. The number of benzene rings is 1. The van der Waals surface area contributed by atoms with E-state index in [-0.39, 0.29) is 0 Å². The number of fused-ring (bicyclic) bond motifs is 1. The van der Waals surface area contributed by atoms with E-state index in [2.05, 4.69) is 0 Å². The second-order valence-corrected chi connectivity index (χ2v) is 4.01. The van der Waals surface area contributed by atoms with Crippen LogP contribution in [-0.4, -0.2) is 26.3 Å². The Kier molecular flexibility index (Phi) is 2.87. The lowest BCUT2D eigenvalue weighted by Crippen LogP contribution is -2.16. The monoisotopic (exact) mass is 260 g/mol. The van der Waals surface area contributed by atoms with Gasteiger partial charge in [0.05, 0.1) is 18.9 Å². The summed E-state index contributed by atoms with van der Waals surface area (Å²) in [5.41, 5.74) is 1.02. The first kappa shape index (κ1) is 11.6. The van der Waals surface area contributed by atoms with Gasteiger partial charge in [0.1, 0.15) is 19.0 Å². The standard InChI is InChI=1S/C14H12O5/c1-16-14(15)10-8-13-12(18-5-6-19-13)7-9(10)11-3-2-4-17-11/h2-4,7-8H,5-6H2,1H3. The van der Waals surface area contributed by atoms with Crippen molar-refractivity contribution in [2.75, 3.05) is 20.3 Å². The van der Waals surface area contributed by atoms with Crippen molar-refractivity contribution in [2.45, 2.75) is 0 Å². The average molecular weight is 260 g/mol. The van der Waals surface area contributed by atoms with E-state index < -0.39 is 5.97 Å². The van der Waals surface area contributed by atoms with Crippen molar-refractivity contribution in [3.05, 3.63) is 36.1 Å². The molecule has 0 atom stereocenters. The maximum absolute atomic E-state index is 11.9. The number of ether oxygens (including phenoxy) is 3. The Balaban J connectivity index is 2.17. The fraction of sp³-hybridized carbons (Fsp3) is 0.214. The molecule has 0 amide bonds. The van der Waals surface area contributed by atoms with Crippen LogP contribution in [0.1, 0.15) is 10.4 Å². The van der Waals surface area contributed by atoms with Gasteiger partial charge in [0.15, 0.2) is 11.5 Å². The first-order chi connectivity index (χ1) is 9.29. The van der Waals surface area contributed by atoms with Gasteiger partial charge in [0.25, 0.3) is 0 Å². The molecule has 1 aromatic carbocycles. The largest absolute Gasteiger partial charge is 0.486 e. The summed E-state index contributed by atoms with van der Waals surface area (Å²) in [7, 11) is 1.34. The minimum absolute atomic E-state index is 0.390. The van der Waals surface area contributed by atoms with Gasteiger partial charge in [-0.2, -0.15) is 0 Å². The molecule has 3 rings (SSSR count). The van der Waals surface area contributed by atoms with E-state index in [1.165, 1.54) is 7.11 Å². The van der Waals surface area contributed by atoms with E-state index in [9.17, 15) is 4.79 Å². The van der Waals surface area contributed by atoms with Gasteiger partial charge in [-0.25, -0.2) is 4.79 Å². The molecule has 1 aromatic heterocycles. The smallest absolute Gasteiger partial charge is 0.338 e. The number of furan rings is 1. The van der Waals surface area contributed by atoms with Gasteiger partial charge in [0, 0.05) is 5.56 Å². The fourth-order valence-corrected chi connectivity index (χ4v) is 2.00. The minimum Gasteiger partial charge on any atom is -0.486 e. The van der Waals surface area contributed by atoms with E-state index in [1.54, 1.807) is 30.5 Å². The zero-order valence-electron chi connectivity index (χ0n) is 10.3. The Bertz CT molecular complexity index is 601. The maximum atomic E-state index is 11.9. The van der Waals surface area contributed by atoms with Crippen molar-refractivity contribution in [1.82, 2.24) is 0 Å². The highest BCUT2D eigenvalue weighted by Gasteiger charge is 2.22. The number of esters is 1. The highest BCUT2D eigenvalue weighted by atomic mass is 16.6. The zero-order chi connectivity index (χ0) is 13.2. The van der Waals surface area contributed by atoms with Gasteiger partial charge < -0.3 is 18.6 Å². The number of hydrogen-bond acceptors (Lipinski definition) is 5. The predicted octanol–water partition coefficient (Wildman–Crippen LogP) is 2.50. The molecule has 0 saturated carbocycles. The van der Waals surface area contributed by atoms with Crippen LogP contribution >= 0.6 is 0 Å². The number of rotatable bonds is 2. The second kappa shape index (κ2) is 4.68. The van der Waals surface area contributed by atoms with E-state index in [0.717, 1.165) is 0 Å². The highest BCUT2D eigenvalue weighted by molar-refractivity contribution is 5.97. The van der Waals surface area contributed by atoms with Crippen LogP contribution in [0.4, 0.5) is 0 Å². The van der Waals surface area contributed by atoms with Crippen LogP contribution in [0.25, 0.3) is 11.3 Å². The molecule has 1 aliphatic rings. The Hall–Kier alpha value is -2.43. The molecule has 5 nitrogen and oxygen atoms in total. The molecule has 98 valence electrons. The molecule has 2 aromatic rings. The van der Waals surface area contributed by atoms with Crippen LogP contribution < -0.4 is 9.47 Å². The van der Waals surface area contributed by atoms with Crippen molar-refractivity contribution < 1.29 is 23.4 Å². The van der Waals surface area contributed by atoms with Crippen LogP contribution in [-0.2, 0) is 4.74 Å². The highest BCUT2D eigenvalue weighted by Crippen LogP contribution is 2.37. The maximum Gasteiger partial charge on any atom is 0.338 e. The molecular formula is C14H12O5. The normalized spacial score (nSPS) is 13.1. The molecule has 1 aliphatic heterocycles. The molecule has 0 radical (unpaired) electrons. The topological polar surface area (TPSA) is 57.9 Å². The Labute approximate surface area is 109 Å². The molecule has 0 fully saturated rings. The molecule has 19 heavy (non-hydrogen) atoms. The van der Waals surface area contributed by atoms with Gasteiger partial charge >= 0.3 is 5.97 Å². The van der Waals surface area contributed by atoms with Crippen LogP contribution in [0.3, 0.4) is 0 Å². The van der Waals surface area contributed by atoms with Crippen molar-refractivity contribution >= 4 is 5.97 Å². The summed E-state index contributed by atoms with van der Waals surface area (Å²) in [6.07, 6.45) is 1.55. The molecule has 2 heterocycles. The summed E-state index contributed by atoms with van der Waals surface area (Å²) in [6.45, 7) is 0.954. The van der Waals surface area contributed by atoms with Gasteiger partial charge in [-0.1, -0.05) is 0 Å². The van der Waals surface area contributed by atoms with Gasteiger partial charge in [-0.05, 0) is 24.3 Å². The van der Waals surface area contributed by atoms with Crippen LogP contribution in [0.5, 0.6) is 11.5 Å². The molecular weight excluding hydrogens is 248 g/mol. The van der Waals surface area contributed by atoms with Crippen LogP contribution in [0, 0.1) is 0 Å². The Morgan fingerprint density at radius 2 is 1.95 bits per heavy atom. The second-order valence-electron chi connectivity index (χ2n) is 4.01. The van der Waals surface area contributed by atoms with Crippen molar-refractivity contribution in [1.29, 1.82) is 0 Å². The first-order valence-electron chi connectivity index (χ1n) is 5.85. The SMILES string of the molecule is COC(=O)c1cc2c(cc1-c1ccco1)OCCO2. The van der Waals surface area contributed by atoms with Crippen molar-refractivity contribution in [2.24, 2.45) is 0 Å². The summed E-state index contributed by atoms with van der Waals surface area (Å²) >= 11 is 0. The molecule has 0 aliphatic carbocycles. The van der Waals surface area contributed by atoms with Gasteiger partial charge in [0.2, 0.25) is 0 Å². The molecule has 0 unspecified atom stereocenters. The number of carbonyl (C=O) groups excluding carboxylic acids is 1. The van der Waals surface area contributed by atoms with E-state index >= 15 is 0 Å². The number of hydrogen-bond donors (Lipinski definition) is 0. The lowest BCUT2D eigenvalue weighted by molar-refractivity contribution is 0.0600. The lowest BCUT2D eigenvalue weighted by Gasteiger charge is -2.20. The third-order valence-electron chi connectivity index (χ3n) is 2.87. The lowest BCUT2D eigenvalue weighted by atomic mass is 10.0. The zero-order valence-corrected chi connectivity index (χ0v) is 10.3. The van der Waals surface area contributed by atoms with E-state index in [1.807, 2.05) is 0 Å². The van der Waals surface area contributed by atoms with Crippen molar-refractivity contribution in [3.63, 3.8) is 0 Å². The Morgan fingerprint density at radius 1 is 1.21 bits per heavy atom. The third kappa shape index (κ3) is 2.03. The predicted molar refractivity (Wildman–Crippen MR) is 66.5 cm³/mol. The molecule has 0 N–H and O–H groups in total. The molecule has 0 spiro atoms. The van der Waals surface area contributed by atoms with Crippen molar-refractivity contribution in [3.8, 4) is 22.8 Å². The average Bonchev–Trinajstić information content (AvgIpc) is 2.99. The van der Waals surface area contributed by atoms with Gasteiger partial charge in [-0.3, -0.25) is 0 Å². The number of methoxy groups -OCH3 is 1. The van der Waals surface area contributed by atoms with E-state index in [4.69, 9.17) is 18.6 Å². The molecule has 0 bridgehead atoms. The fourth-order valence-electron chi connectivity index (χ4n) is 2.00. The third-order valence-corrected chi connectivity index (χ3v) is 2.87. The van der Waals surface area contributed by atoms with Gasteiger partial charge in [-0.15, -0.1) is 0 Å². The summed E-state index contributed by atoms with van der Waals surface area (Å²) in [5.74, 6) is 1.29. The summed E-state index contributed by atoms with van der Waals surface area (Å²) in [5, 5.41) is 0. The number of carbonyl (C=O) groups is 1. The van der Waals surface area contributed by atoms with E-state index in [0.29, 0.717) is 41.6 Å². The quantitative estimate of drug-likeness (QED) is 0.776. The minimum atomic E-state index is -0.441. The van der Waals surface area contributed by atoms with Crippen LogP contribution in [0.15, 0.2) is 34.9 Å². The summed E-state index contributed by atoms with van der Waals surface area (Å²) in [4.78, 5) is 11.9.